The van der Waals surface area contributed by atoms with Gasteiger partial charge in [-0.25, -0.2) is 9.97 Å². The van der Waals surface area contributed by atoms with Crippen molar-refractivity contribution in [3.63, 3.8) is 0 Å². The normalized spacial score (nSPS) is 11.4. The molecule has 0 atom stereocenters. The molecule has 0 saturated heterocycles. The number of hydrogen-bond acceptors (Lipinski definition) is 3. The average Bonchev–Trinajstić information content (AvgIpc) is 3.32. The van der Waals surface area contributed by atoms with Gasteiger partial charge in [0.05, 0.1) is 22.4 Å². The topological polar surface area (TPSA) is 29.0 Å². The number of para-hydroxylation sites is 4. The first-order valence-electron chi connectivity index (χ1n) is 20.1. The summed E-state index contributed by atoms with van der Waals surface area (Å²) in [5.41, 5.74) is 14.1. The molecule has 11 aromatic rings. The number of rotatable bonds is 7. The van der Waals surface area contributed by atoms with Crippen LogP contribution in [0.2, 0.25) is 0 Å². The van der Waals surface area contributed by atoms with Gasteiger partial charge in [-0.2, -0.15) is 0 Å². The summed E-state index contributed by atoms with van der Waals surface area (Å²) < 4.78 is 0. The number of aromatic nitrogens is 2. The van der Waals surface area contributed by atoms with Crippen molar-refractivity contribution in [1.29, 1.82) is 0 Å². The molecule has 3 nitrogen and oxygen atoms in total. The molecule has 0 amide bonds. The van der Waals surface area contributed by atoms with Crippen LogP contribution in [0.25, 0.3) is 88.1 Å². The summed E-state index contributed by atoms with van der Waals surface area (Å²) in [6.07, 6.45) is 0. The zero-order chi connectivity index (χ0) is 39.1. The monoisotopic (exact) mass is 751 g/mol. The molecule has 0 bridgehead atoms. The van der Waals surface area contributed by atoms with Crippen LogP contribution in [0.3, 0.4) is 0 Å². The van der Waals surface area contributed by atoms with E-state index in [1.165, 1.54) is 33.0 Å². The van der Waals surface area contributed by atoms with Crippen LogP contribution in [-0.2, 0) is 0 Å². The number of nitrogens with zero attached hydrogens (tertiary/aromatic N) is 3. The van der Waals surface area contributed by atoms with Crippen molar-refractivity contribution in [3.8, 4) is 44.8 Å². The highest BCUT2D eigenvalue weighted by atomic mass is 15.1. The summed E-state index contributed by atoms with van der Waals surface area (Å²) in [4.78, 5) is 12.9. The zero-order valence-corrected chi connectivity index (χ0v) is 32.2. The second-order valence-electron chi connectivity index (χ2n) is 14.9. The molecule has 0 spiro atoms. The average molecular weight is 752 g/mol. The third-order valence-corrected chi connectivity index (χ3v) is 11.4. The predicted octanol–water partition coefficient (Wildman–Crippen LogP) is 15.2. The Bertz CT molecular complexity index is 3250. The quantitative estimate of drug-likeness (QED) is 0.152. The second-order valence-corrected chi connectivity index (χ2v) is 14.9. The molecule has 0 unspecified atom stereocenters. The third-order valence-electron chi connectivity index (χ3n) is 11.4. The molecule has 0 saturated carbocycles. The number of pyridine rings is 2. The van der Waals surface area contributed by atoms with Crippen LogP contribution in [0.4, 0.5) is 17.1 Å². The Balaban J connectivity index is 1.06. The number of benzene rings is 9. The van der Waals surface area contributed by atoms with Gasteiger partial charge in [0, 0.05) is 49.7 Å². The minimum absolute atomic E-state index is 0.950. The SMILES string of the molecule is c1ccc(-c2ccc(-c3cc(-c4cccc5c4ccc4c(-c6ccc(N(c7ccccc7)c7ccccc7)cc6)nc6ccccc6c45)nc4ccccc34)cc2)cc1. The second kappa shape index (κ2) is 14.6. The Kier molecular flexibility index (Phi) is 8.49. The van der Waals surface area contributed by atoms with Gasteiger partial charge in [-0.3, -0.25) is 0 Å². The summed E-state index contributed by atoms with van der Waals surface area (Å²) in [6, 6.07) is 79.7. The van der Waals surface area contributed by atoms with Gasteiger partial charge in [0.25, 0.3) is 0 Å². The van der Waals surface area contributed by atoms with Crippen molar-refractivity contribution in [2.75, 3.05) is 4.90 Å². The fourth-order valence-electron chi connectivity index (χ4n) is 8.65. The van der Waals surface area contributed by atoms with Crippen molar-refractivity contribution >= 4 is 60.4 Å². The Morgan fingerprint density at radius 3 is 1.49 bits per heavy atom. The van der Waals surface area contributed by atoms with Gasteiger partial charge >= 0.3 is 0 Å². The molecular formula is C56H37N3. The lowest BCUT2D eigenvalue weighted by molar-refractivity contribution is 1.28. The van der Waals surface area contributed by atoms with Crippen molar-refractivity contribution in [3.05, 3.63) is 224 Å². The smallest absolute Gasteiger partial charge is 0.0788 e. The zero-order valence-electron chi connectivity index (χ0n) is 32.2. The Hall–Kier alpha value is -7.88. The fraction of sp³-hybridized carbons (Fsp3) is 0. The molecule has 2 heterocycles. The van der Waals surface area contributed by atoms with Crippen LogP contribution in [-0.4, -0.2) is 9.97 Å². The summed E-state index contributed by atoms with van der Waals surface area (Å²) in [5.74, 6) is 0. The highest BCUT2D eigenvalue weighted by Crippen LogP contribution is 2.42. The van der Waals surface area contributed by atoms with Gasteiger partial charge in [-0.1, -0.05) is 170 Å². The van der Waals surface area contributed by atoms with E-state index in [-0.39, 0.29) is 0 Å². The standard InChI is InChI=1S/C56H37N3/c1-4-15-38(16-5-1)39-27-29-40(30-28-39)51-37-54(57-52-25-12-10-21-47(51)52)46-23-14-24-48-45(46)35-36-50-55(48)49-22-11-13-26-53(49)58-56(50)41-31-33-44(34-32-41)59(42-17-6-2-7-18-42)43-19-8-3-9-20-43/h1-37H. The summed E-state index contributed by atoms with van der Waals surface area (Å²) in [7, 11) is 0. The molecular weight excluding hydrogens is 715 g/mol. The van der Waals surface area contributed by atoms with E-state index in [2.05, 4.69) is 229 Å². The maximum Gasteiger partial charge on any atom is 0.0788 e. The lowest BCUT2D eigenvalue weighted by Crippen LogP contribution is -2.09. The van der Waals surface area contributed by atoms with E-state index in [4.69, 9.17) is 9.97 Å². The summed E-state index contributed by atoms with van der Waals surface area (Å²) >= 11 is 0. The minimum atomic E-state index is 0.950. The van der Waals surface area contributed by atoms with Gasteiger partial charge in [0.2, 0.25) is 0 Å². The summed E-state index contributed by atoms with van der Waals surface area (Å²) in [5, 5.41) is 6.93. The largest absolute Gasteiger partial charge is 0.311 e. The molecule has 0 aliphatic rings. The maximum atomic E-state index is 5.33. The number of hydrogen-bond donors (Lipinski definition) is 0. The third kappa shape index (κ3) is 6.17. The number of anilines is 3. The van der Waals surface area contributed by atoms with Crippen molar-refractivity contribution in [2.24, 2.45) is 0 Å². The van der Waals surface area contributed by atoms with Crippen molar-refractivity contribution in [2.45, 2.75) is 0 Å². The van der Waals surface area contributed by atoms with E-state index in [0.717, 1.165) is 72.2 Å². The van der Waals surface area contributed by atoms with E-state index in [0.29, 0.717) is 0 Å². The number of fused-ring (bicyclic) bond motifs is 6. The van der Waals surface area contributed by atoms with Crippen LogP contribution in [0.5, 0.6) is 0 Å². The van der Waals surface area contributed by atoms with Gasteiger partial charge < -0.3 is 4.90 Å². The van der Waals surface area contributed by atoms with E-state index >= 15 is 0 Å². The highest BCUT2D eigenvalue weighted by molar-refractivity contribution is 6.24. The first-order valence-corrected chi connectivity index (χ1v) is 20.1. The van der Waals surface area contributed by atoms with Crippen LogP contribution < -0.4 is 4.90 Å². The molecule has 11 rings (SSSR count). The molecule has 276 valence electrons. The van der Waals surface area contributed by atoms with E-state index in [1.54, 1.807) is 0 Å². The van der Waals surface area contributed by atoms with E-state index in [9.17, 15) is 0 Å². The lowest BCUT2D eigenvalue weighted by Gasteiger charge is -2.25. The first kappa shape index (κ1) is 34.4. The minimum Gasteiger partial charge on any atom is -0.311 e. The fourth-order valence-corrected chi connectivity index (χ4v) is 8.65. The first-order chi connectivity index (χ1) is 29.3. The van der Waals surface area contributed by atoms with E-state index in [1.807, 2.05) is 0 Å². The van der Waals surface area contributed by atoms with Gasteiger partial charge in [0.15, 0.2) is 0 Å². The predicted molar refractivity (Wildman–Crippen MR) is 248 cm³/mol. The molecule has 0 fully saturated rings. The molecule has 0 aliphatic heterocycles. The molecule has 0 N–H and O–H groups in total. The van der Waals surface area contributed by atoms with Crippen LogP contribution in [0, 0.1) is 0 Å². The lowest BCUT2D eigenvalue weighted by atomic mass is 9.91. The maximum absolute atomic E-state index is 5.33. The molecule has 0 radical (unpaired) electrons. The van der Waals surface area contributed by atoms with Crippen molar-refractivity contribution in [1.82, 2.24) is 9.97 Å². The van der Waals surface area contributed by atoms with E-state index < -0.39 is 0 Å². The van der Waals surface area contributed by atoms with Crippen molar-refractivity contribution < 1.29 is 0 Å². The van der Waals surface area contributed by atoms with Crippen LogP contribution in [0.15, 0.2) is 224 Å². The molecule has 59 heavy (non-hydrogen) atoms. The van der Waals surface area contributed by atoms with Crippen LogP contribution >= 0.6 is 0 Å². The Labute approximate surface area is 343 Å². The molecule has 3 heteroatoms. The molecule has 2 aromatic heterocycles. The highest BCUT2D eigenvalue weighted by Gasteiger charge is 2.18. The Morgan fingerprint density at radius 2 is 0.797 bits per heavy atom. The summed E-state index contributed by atoms with van der Waals surface area (Å²) in [6.45, 7) is 0. The van der Waals surface area contributed by atoms with Crippen LogP contribution in [0.1, 0.15) is 0 Å². The van der Waals surface area contributed by atoms with Gasteiger partial charge in [-0.05, 0) is 87.6 Å². The molecule has 9 aromatic carbocycles. The Morgan fingerprint density at radius 1 is 0.288 bits per heavy atom. The molecule has 0 aliphatic carbocycles. The van der Waals surface area contributed by atoms with Gasteiger partial charge in [0.1, 0.15) is 0 Å². The van der Waals surface area contributed by atoms with Gasteiger partial charge in [-0.15, -0.1) is 0 Å².